The van der Waals surface area contributed by atoms with Gasteiger partial charge in [-0.3, -0.25) is 0 Å². The Balaban J connectivity index is -0.0000000293. The average Bonchev–Trinajstić information content (AvgIpc) is 2.63. The standard InChI is InChI=1S/4C2H8N2.4ClHO4.2Pt/c4*3-1-2-4;4*2-1(3,4)5;;/h4*1-4H2;4*(H,2,3,4,5);;/q;;;;;;;;2*+2/p-4. The number of halogens is 4. The van der Waals surface area contributed by atoms with Gasteiger partial charge in [0, 0.05) is 52.4 Å². The van der Waals surface area contributed by atoms with E-state index in [-0.39, 0.29) is 42.1 Å². The third-order valence-corrected chi connectivity index (χ3v) is 0.667. The Morgan fingerprint density at radius 2 is 0.263 bits per heavy atom. The SMILES string of the molecule is NCCN.NCCN.NCCN.NCCN.[O-][Cl+3]([O-])([O-])[O-].[O-][Cl+3]([O-])([O-])[O-].[O-][Cl+3]([O-])([O-])[O-].[O-][Cl+3]([O-])([O-])[O-].[Pt+2].[Pt+2]. The molecule has 0 saturated heterocycles. The van der Waals surface area contributed by atoms with E-state index >= 15 is 0 Å². The van der Waals surface area contributed by atoms with Crippen molar-refractivity contribution in [3.05, 3.63) is 0 Å². The summed E-state index contributed by atoms with van der Waals surface area (Å²) < 4.78 is 136. The molecule has 24 nitrogen and oxygen atoms in total. The van der Waals surface area contributed by atoms with Gasteiger partial charge in [-0.05, 0) is 0 Å². The van der Waals surface area contributed by atoms with Crippen LogP contribution >= 0.6 is 0 Å². The van der Waals surface area contributed by atoms with Crippen LogP contribution in [0, 0.1) is 41.0 Å². The monoisotopic (exact) mass is 1030 g/mol. The van der Waals surface area contributed by atoms with Gasteiger partial charge in [-0.1, -0.05) is 0 Å². The van der Waals surface area contributed by atoms with Crippen LogP contribution in [0.15, 0.2) is 0 Å². The summed E-state index contributed by atoms with van der Waals surface area (Å²) in [5, 5.41) is 0. The molecule has 0 aliphatic heterocycles. The number of nitrogens with two attached hydrogens (primary N) is 8. The second-order valence-corrected chi connectivity index (χ2v) is 6.84. The Hall–Kier alpha value is 1.58. The molecule has 0 radical (unpaired) electrons. The molecule has 0 unspecified atom stereocenters. The second kappa shape index (κ2) is 48.3. The van der Waals surface area contributed by atoms with E-state index in [1.165, 1.54) is 0 Å². The van der Waals surface area contributed by atoms with Crippen LogP contribution in [0.2, 0.25) is 0 Å². The van der Waals surface area contributed by atoms with Crippen molar-refractivity contribution in [2.24, 2.45) is 45.9 Å². The van der Waals surface area contributed by atoms with Crippen molar-refractivity contribution >= 4 is 0 Å². The maximum Gasteiger partial charge on any atom is 2.00 e. The van der Waals surface area contributed by atoms with Crippen LogP contribution in [0.4, 0.5) is 0 Å². The minimum absolute atomic E-state index is 0. The molecule has 0 fully saturated rings. The van der Waals surface area contributed by atoms with Crippen LogP contribution in [0.5, 0.6) is 0 Å². The minimum atomic E-state index is -4.94. The molecule has 38 heavy (non-hydrogen) atoms. The predicted octanol–water partition coefficient (Wildman–Crippen LogP) is -23.4. The van der Waals surface area contributed by atoms with E-state index in [2.05, 4.69) is 0 Å². The first-order valence-corrected chi connectivity index (χ1v) is 12.7. The maximum absolute atomic E-state index is 8.49. The Labute approximate surface area is 254 Å². The molecule has 16 N–H and O–H groups in total. The van der Waals surface area contributed by atoms with E-state index in [4.69, 9.17) is 120 Å². The molecule has 0 aromatic heterocycles. The summed E-state index contributed by atoms with van der Waals surface area (Å²) in [6, 6.07) is 0. The fourth-order valence-electron chi connectivity index (χ4n) is 0. The van der Waals surface area contributed by atoms with Gasteiger partial charge in [-0.25, -0.2) is 74.5 Å². The van der Waals surface area contributed by atoms with Gasteiger partial charge < -0.3 is 45.9 Å². The van der Waals surface area contributed by atoms with Crippen molar-refractivity contribution in [1.29, 1.82) is 0 Å². The van der Waals surface area contributed by atoms with Crippen molar-refractivity contribution in [2.75, 3.05) is 52.4 Å². The van der Waals surface area contributed by atoms with Crippen molar-refractivity contribution < 1.29 is 158 Å². The van der Waals surface area contributed by atoms with Gasteiger partial charge in [0.2, 0.25) is 0 Å². The van der Waals surface area contributed by atoms with Crippen molar-refractivity contribution in [2.45, 2.75) is 0 Å². The van der Waals surface area contributed by atoms with Gasteiger partial charge in [0.05, 0.1) is 0 Å². The third-order valence-electron chi connectivity index (χ3n) is 0.667. The Kier molecular flexibility index (Phi) is 85.6. The zero-order valence-corrected chi connectivity index (χ0v) is 26.5. The van der Waals surface area contributed by atoms with E-state index in [1.807, 2.05) is 0 Å². The van der Waals surface area contributed by atoms with Crippen LogP contribution in [0.3, 0.4) is 0 Å². The summed E-state index contributed by atoms with van der Waals surface area (Å²) >= 11 is 0. The molecule has 0 spiro atoms. The van der Waals surface area contributed by atoms with Gasteiger partial charge in [-0.2, -0.15) is 0 Å². The molecule has 0 aliphatic rings. The zero-order valence-electron chi connectivity index (χ0n) is 19.0. The van der Waals surface area contributed by atoms with E-state index in [9.17, 15) is 0 Å². The number of hydrogen-bond donors (Lipinski definition) is 8. The third kappa shape index (κ3) is 1620. The van der Waals surface area contributed by atoms with Crippen molar-refractivity contribution in [1.82, 2.24) is 0 Å². The van der Waals surface area contributed by atoms with Gasteiger partial charge in [-0.15, -0.1) is 41.0 Å². The quantitative estimate of drug-likeness (QED) is 0.130. The van der Waals surface area contributed by atoms with Crippen LogP contribution in [0.1, 0.15) is 0 Å². The summed E-state index contributed by atoms with van der Waals surface area (Å²) in [5.74, 6) is 0. The smallest absolute Gasteiger partial charge is 0.329 e. The van der Waals surface area contributed by atoms with Crippen molar-refractivity contribution in [3.8, 4) is 0 Å². The Morgan fingerprint density at radius 1 is 0.237 bits per heavy atom. The number of hydrogen-bond acceptors (Lipinski definition) is 24. The number of rotatable bonds is 4. The Bertz CT molecular complexity index is 263. The fraction of sp³-hybridized carbons (Fsp3) is 1.00. The van der Waals surface area contributed by atoms with Gasteiger partial charge in [0.1, 0.15) is 0 Å². The molecule has 0 rings (SSSR count). The first-order chi connectivity index (χ1) is 15.7. The molecule has 0 aromatic rings. The van der Waals surface area contributed by atoms with Crippen LogP contribution in [0.25, 0.3) is 0 Å². The molecule has 0 aliphatic carbocycles. The van der Waals surface area contributed by atoms with Crippen LogP contribution < -0.4 is 120 Å². The first-order valence-electron chi connectivity index (χ1n) is 7.73. The molecular formula is C8H32Cl4N8O16Pt2. The van der Waals surface area contributed by atoms with Gasteiger partial charge in [0.25, 0.3) is 0 Å². The average molecular weight is 1030 g/mol. The second-order valence-electron chi connectivity index (χ2n) is 3.82. The summed E-state index contributed by atoms with van der Waals surface area (Å²) in [6.45, 7) is 4.78. The Morgan fingerprint density at radius 3 is 0.263 bits per heavy atom. The van der Waals surface area contributed by atoms with E-state index in [1.54, 1.807) is 0 Å². The molecule has 30 heteroatoms. The normalized spacial score (nSPS) is 9.47. The molecule has 0 aromatic carbocycles. The van der Waals surface area contributed by atoms with E-state index < -0.39 is 41.0 Å². The van der Waals surface area contributed by atoms with E-state index in [0.717, 1.165) is 0 Å². The molecule has 248 valence electrons. The van der Waals surface area contributed by atoms with Crippen LogP contribution in [-0.4, -0.2) is 52.4 Å². The molecule has 0 bridgehead atoms. The molecule has 0 amide bonds. The first kappa shape index (κ1) is 67.3. The van der Waals surface area contributed by atoms with Gasteiger partial charge >= 0.3 is 42.1 Å². The topological polar surface area (TPSA) is 577 Å². The van der Waals surface area contributed by atoms with Crippen LogP contribution in [-0.2, 0) is 42.1 Å². The summed E-state index contributed by atoms with van der Waals surface area (Å²) in [4.78, 5) is 0. The zero-order chi connectivity index (χ0) is 31.7. The summed E-state index contributed by atoms with van der Waals surface area (Å²) in [7, 11) is -19.8. The molecule has 0 saturated carbocycles. The van der Waals surface area contributed by atoms with Crippen molar-refractivity contribution in [3.63, 3.8) is 0 Å². The maximum atomic E-state index is 8.49. The molecular weight excluding hydrogens is 996 g/mol. The molecule has 0 heterocycles. The van der Waals surface area contributed by atoms with Gasteiger partial charge in [0.15, 0.2) is 0 Å². The largest absolute Gasteiger partial charge is 2.00 e. The molecule has 0 atom stereocenters. The minimum Gasteiger partial charge on any atom is -0.329 e. The summed E-state index contributed by atoms with van der Waals surface area (Å²) in [5.41, 5.74) is 39.2. The van der Waals surface area contributed by atoms with E-state index in [0.29, 0.717) is 52.4 Å². The fourth-order valence-corrected chi connectivity index (χ4v) is 0. The summed E-state index contributed by atoms with van der Waals surface area (Å²) in [6.07, 6.45) is 0. The predicted molar refractivity (Wildman–Crippen MR) is 72.4 cm³/mol.